The summed E-state index contributed by atoms with van der Waals surface area (Å²) in [5.74, 6) is -0.988. The van der Waals surface area contributed by atoms with Gasteiger partial charge in [-0.25, -0.2) is 13.6 Å². The van der Waals surface area contributed by atoms with Crippen molar-refractivity contribution in [2.75, 3.05) is 5.32 Å². The summed E-state index contributed by atoms with van der Waals surface area (Å²) >= 11 is 0. The molecule has 0 saturated carbocycles. The summed E-state index contributed by atoms with van der Waals surface area (Å²) in [5.41, 5.74) is 0.832. The predicted molar refractivity (Wildman–Crippen MR) is 74.5 cm³/mol. The zero-order valence-corrected chi connectivity index (χ0v) is 11.8. The van der Waals surface area contributed by atoms with Crippen LogP contribution >= 0.6 is 0 Å². The number of anilines is 1. The first kappa shape index (κ1) is 14.9. The molecule has 2 rings (SSSR count). The van der Waals surface area contributed by atoms with Crippen LogP contribution in [0.15, 0.2) is 45.9 Å². The van der Waals surface area contributed by atoms with Crippen molar-refractivity contribution in [3.05, 3.63) is 47.7 Å². The summed E-state index contributed by atoms with van der Waals surface area (Å²) < 4.78 is 27.0. The van der Waals surface area contributed by atoms with Gasteiger partial charge in [0.25, 0.3) is 15.9 Å². The topological polar surface area (TPSA) is 119 Å². The van der Waals surface area contributed by atoms with Gasteiger partial charge in [0.2, 0.25) is 5.09 Å². The normalized spacial score (nSPS) is 11.1. The zero-order valence-electron chi connectivity index (χ0n) is 11.0. The number of nitrogens with two attached hydrogens (primary N) is 1. The van der Waals surface area contributed by atoms with Crippen molar-refractivity contribution in [1.82, 2.24) is 0 Å². The third-order valence-electron chi connectivity index (χ3n) is 2.61. The summed E-state index contributed by atoms with van der Waals surface area (Å²) in [6.45, 7) is 1.41. The zero-order chi connectivity index (χ0) is 15.6. The lowest BCUT2D eigenvalue weighted by molar-refractivity contribution is 0.0987. The molecule has 8 heteroatoms. The van der Waals surface area contributed by atoms with E-state index in [1.807, 2.05) is 0 Å². The fourth-order valence-electron chi connectivity index (χ4n) is 1.60. The third-order valence-corrected chi connectivity index (χ3v) is 3.39. The van der Waals surface area contributed by atoms with E-state index in [9.17, 15) is 18.0 Å². The standard InChI is InChI=1S/C13H12N2O5S/c1-8(16)9-3-2-4-10(7-9)15-13(17)11-5-6-12(20-11)21(14,18)19/h2-7H,1H3,(H,15,17)(H2,14,18,19). The number of furan rings is 1. The molecule has 0 saturated heterocycles. The summed E-state index contributed by atoms with van der Waals surface area (Å²) in [6.07, 6.45) is 0. The van der Waals surface area contributed by atoms with Crippen molar-refractivity contribution in [3.63, 3.8) is 0 Å². The lowest BCUT2D eigenvalue weighted by Crippen LogP contribution is -2.13. The van der Waals surface area contributed by atoms with Gasteiger partial charge in [-0.3, -0.25) is 9.59 Å². The smallest absolute Gasteiger partial charge is 0.291 e. The average molecular weight is 308 g/mol. The largest absolute Gasteiger partial charge is 0.438 e. The molecule has 21 heavy (non-hydrogen) atoms. The first-order valence-corrected chi connectivity index (χ1v) is 7.37. The minimum atomic E-state index is -4.00. The van der Waals surface area contributed by atoms with Crippen molar-refractivity contribution < 1.29 is 22.4 Å². The molecular formula is C13H12N2O5S. The molecule has 0 radical (unpaired) electrons. The number of amides is 1. The number of hydrogen-bond donors (Lipinski definition) is 2. The predicted octanol–water partition coefficient (Wildman–Crippen LogP) is 1.38. The average Bonchev–Trinajstić information content (AvgIpc) is 2.88. The number of nitrogens with one attached hydrogen (secondary N) is 1. The number of carbonyl (C=O) groups is 2. The number of Topliss-reactive ketones (excluding diaryl/α,β-unsaturated/α-hetero) is 1. The Bertz CT molecular complexity index is 807. The van der Waals surface area contributed by atoms with Crippen LogP contribution < -0.4 is 10.5 Å². The molecule has 0 unspecified atom stereocenters. The molecule has 1 heterocycles. The molecule has 110 valence electrons. The van der Waals surface area contributed by atoms with E-state index in [0.29, 0.717) is 11.3 Å². The highest BCUT2D eigenvalue weighted by Gasteiger charge is 2.17. The summed E-state index contributed by atoms with van der Waals surface area (Å²) in [4.78, 5) is 23.2. The number of carbonyl (C=O) groups excluding carboxylic acids is 2. The van der Waals surface area contributed by atoms with Gasteiger partial charge in [-0.15, -0.1) is 0 Å². The maximum Gasteiger partial charge on any atom is 0.291 e. The Morgan fingerprint density at radius 1 is 1.19 bits per heavy atom. The molecule has 0 fully saturated rings. The van der Waals surface area contributed by atoms with Crippen molar-refractivity contribution in [3.8, 4) is 0 Å². The fourth-order valence-corrected chi connectivity index (χ4v) is 2.07. The highest BCUT2D eigenvalue weighted by molar-refractivity contribution is 7.89. The lowest BCUT2D eigenvalue weighted by atomic mass is 10.1. The van der Waals surface area contributed by atoms with Crippen LogP contribution in [0.25, 0.3) is 0 Å². The molecule has 2 aromatic rings. The second-order valence-electron chi connectivity index (χ2n) is 4.25. The molecule has 1 aromatic carbocycles. The molecule has 3 N–H and O–H groups in total. The Balaban J connectivity index is 2.20. The molecule has 7 nitrogen and oxygen atoms in total. The van der Waals surface area contributed by atoms with Gasteiger partial charge in [0.1, 0.15) is 0 Å². The molecule has 1 aromatic heterocycles. The van der Waals surface area contributed by atoms with E-state index in [-0.39, 0.29) is 11.5 Å². The van der Waals surface area contributed by atoms with E-state index in [1.165, 1.54) is 19.1 Å². The number of ketones is 1. The molecule has 0 spiro atoms. The second kappa shape index (κ2) is 5.51. The lowest BCUT2D eigenvalue weighted by Gasteiger charge is -2.04. The van der Waals surface area contributed by atoms with E-state index in [4.69, 9.17) is 9.56 Å². The van der Waals surface area contributed by atoms with Crippen LogP contribution in [-0.2, 0) is 10.0 Å². The Morgan fingerprint density at radius 3 is 2.48 bits per heavy atom. The van der Waals surface area contributed by atoms with Gasteiger partial charge in [-0.2, -0.15) is 0 Å². The first-order chi connectivity index (χ1) is 9.77. The molecule has 0 atom stereocenters. The Kier molecular flexibility index (Phi) is 3.92. The Hall–Kier alpha value is -2.45. The summed E-state index contributed by atoms with van der Waals surface area (Å²) in [5, 5.41) is 6.89. The van der Waals surface area contributed by atoms with Crippen molar-refractivity contribution in [2.45, 2.75) is 12.0 Å². The van der Waals surface area contributed by atoms with Crippen LogP contribution in [0, 0.1) is 0 Å². The van der Waals surface area contributed by atoms with Gasteiger partial charge >= 0.3 is 0 Å². The van der Waals surface area contributed by atoms with E-state index in [2.05, 4.69) is 5.32 Å². The quantitative estimate of drug-likeness (QED) is 0.827. The Morgan fingerprint density at radius 2 is 1.90 bits per heavy atom. The van der Waals surface area contributed by atoms with Crippen LogP contribution in [0.1, 0.15) is 27.8 Å². The third kappa shape index (κ3) is 3.56. The van der Waals surface area contributed by atoms with E-state index >= 15 is 0 Å². The van der Waals surface area contributed by atoms with Crippen LogP contribution in [0.2, 0.25) is 0 Å². The van der Waals surface area contributed by atoms with E-state index < -0.39 is 21.0 Å². The number of primary sulfonamides is 1. The highest BCUT2D eigenvalue weighted by Crippen LogP contribution is 2.16. The molecule has 1 amide bonds. The Labute approximate surface area is 120 Å². The van der Waals surface area contributed by atoms with E-state index in [0.717, 1.165) is 6.07 Å². The monoisotopic (exact) mass is 308 g/mol. The molecule has 0 aliphatic carbocycles. The SMILES string of the molecule is CC(=O)c1cccc(NC(=O)c2ccc(S(N)(=O)=O)o2)c1. The summed E-state index contributed by atoms with van der Waals surface area (Å²) in [7, 11) is -4.00. The van der Waals surface area contributed by atoms with Crippen LogP contribution in [0.4, 0.5) is 5.69 Å². The van der Waals surface area contributed by atoms with Crippen LogP contribution in [0.5, 0.6) is 0 Å². The van der Waals surface area contributed by atoms with Crippen molar-refractivity contribution in [1.29, 1.82) is 0 Å². The van der Waals surface area contributed by atoms with Crippen LogP contribution in [0.3, 0.4) is 0 Å². The highest BCUT2D eigenvalue weighted by atomic mass is 32.2. The van der Waals surface area contributed by atoms with Gasteiger partial charge in [0, 0.05) is 11.3 Å². The van der Waals surface area contributed by atoms with Gasteiger partial charge in [0.05, 0.1) is 0 Å². The maximum absolute atomic E-state index is 11.9. The molecule has 0 aliphatic rings. The summed E-state index contributed by atoms with van der Waals surface area (Å²) in [6, 6.07) is 8.62. The minimum absolute atomic E-state index is 0.138. The van der Waals surface area contributed by atoms with Gasteiger partial charge in [-0.1, -0.05) is 12.1 Å². The second-order valence-corrected chi connectivity index (χ2v) is 5.75. The first-order valence-electron chi connectivity index (χ1n) is 5.82. The van der Waals surface area contributed by atoms with Gasteiger partial charge in [-0.05, 0) is 31.2 Å². The number of benzene rings is 1. The van der Waals surface area contributed by atoms with Crippen LogP contribution in [-0.4, -0.2) is 20.1 Å². The minimum Gasteiger partial charge on any atom is -0.438 e. The van der Waals surface area contributed by atoms with Gasteiger partial charge < -0.3 is 9.73 Å². The number of hydrogen-bond acceptors (Lipinski definition) is 5. The maximum atomic E-state index is 11.9. The van der Waals surface area contributed by atoms with E-state index in [1.54, 1.807) is 18.2 Å². The van der Waals surface area contributed by atoms with Crippen molar-refractivity contribution in [2.24, 2.45) is 5.14 Å². The molecule has 0 aliphatic heterocycles. The number of sulfonamides is 1. The fraction of sp³-hybridized carbons (Fsp3) is 0.0769. The molecular weight excluding hydrogens is 296 g/mol. The molecule has 0 bridgehead atoms. The number of rotatable bonds is 4. The van der Waals surface area contributed by atoms with Gasteiger partial charge in [0.15, 0.2) is 11.5 Å². The van der Waals surface area contributed by atoms with Crippen molar-refractivity contribution >= 4 is 27.4 Å².